The summed E-state index contributed by atoms with van der Waals surface area (Å²) in [5.74, 6) is -0.0232. The molecule has 0 unspecified atom stereocenters. The number of carbonyl (C=O) groups is 1. The van der Waals surface area contributed by atoms with Gasteiger partial charge in [-0.05, 0) is 13.1 Å². The lowest BCUT2D eigenvalue weighted by molar-refractivity contribution is 0.0993. The number of aromatic nitrogens is 1. The molecule has 0 aliphatic carbocycles. The van der Waals surface area contributed by atoms with Crippen molar-refractivity contribution in [1.29, 1.82) is 0 Å². The Kier molecular flexibility index (Phi) is 3.19. The van der Waals surface area contributed by atoms with Gasteiger partial charge in [0.05, 0.1) is 11.6 Å². The zero-order valence-electron chi connectivity index (χ0n) is 6.67. The molecule has 0 saturated heterocycles. The molecule has 1 aromatic rings. The van der Waals surface area contributed by atoms with Crippen LogP contribution in [0.2, 0.25) is 5.02 Å². The topological polar surface area (TPSA) is 42.0 Å². The number of likely N-dealkylation sites (N-methyl/N-ethyl adjacent to an activating group) is 1. The van der Waals surface area contributed by atoms with Gasteiger partial charge in [-0.1, -0.05) is 11.6 Å². The minimum atomic E-state index is -0.0232. The summed E-state index contributed by atoms with van der Waals surface area (Å²) in [6.45, 7) is 0.295. The number of nitrogens with one attached hydrogen (secondary N) is 1. The van der Waals surface area contributed by atoms with E-state index in [1.54, 1.807) is 19.3 Å². The number of Topliss-reactive ketones (excluding diaryl/α,β-unsaturated/α-hetero) is 1. The number of rotatable bonds is 3. The first kappa shape index (κ1) is 9.16. The Morgan fingerprint density at radius 2 is 2.50 bits per heavy atom. The summed E-state index contributed by atoms with van der Waals surface area (Å²) < 4.78 is 0. The molecule has 0 saturated carbocycles. The summed E-state index contributed by atoms with van der Waals surface area (Å²) in [5.41, 5.74) is 0.515. The third kappa shape index (κ3) is 2.03. The van der Waals surface area contributed by atoms with Gasteiger partial charge in [0.2, 0.25) is 0 Å². The van der Waals surface area contributed by atoms with Gasteiger partial charge in [0.1, 0.15) is 0 Å². The van der Waals surface area contributed by atoms with Crippen molar-refractivity contribution in [3.8, 4) is 0 Å². The van der Waals surface area contributed by atoms with E-state index in [4.69, 9.17) is 11.6 Å². The van der Waals surface area contributed by atoms with Crippen LogP contribution in [-0.2, 0) is 0 Å². The van der Waals surface area contributed by atoms with Crippen LogP contribution < -0.4 is 5.32 Å². The van der Waals surface area contributed by atoms with Crippen molar-refractivity contribution in [3.05, 3.63) is 29.0 Å². The highest BCUT2D eigenvalue weighted by Gasteiger charge is 2.07. The first-order valence-electron chi connectivity index (χ1n) is 3.53. The zero-order chi connectivity index (χ0) is 8.97. The summed E-state index contributed by atoms with van der Waals surface area (Å²) >= 11 is 5.74. The number of halogens is 1. The molecule has 0 amide bonds. The lowest BCUT2D eigenvalue weighted by Crippen LogP contribution is -2.18. The number of hydrogen-bond donors (Lipinski definition) is 1. The van der Waals surface area contributed by atoms with Crippen LogP contribution in [0.15, 0.2) is 18.5 Å². The second kappa shape index (κ2) is 4.18. The van der Waals surface area contributed by atoms with Crippen LogP contribution in [0, 0.1) is 0 Å². The Labute approximate surface area is 75.8 Å². The molecule has 1 N–H and O–H groups in total. The minimum Gasteiger partial charge on any atom is -0.313 e. The van der Waals surface area contributed by atoms with Crippen molar-refractivity contribution in [2.24, 2.45) is 0 Å². The summed E-state index contributed by atoms with van der Waals surface area (Å²) in [4.78, 5) is 15.1. The van der Waals surface area contributed by atoms with Gasteiger partial charge in [-0.25, -0.2) is 0 Å². The van der Waals surface area contributed by atoms with Gasteiger partial charge in [-0.2, -0.15) is 0 Å². The predicted octanol–water partition coefficient (Wildman–Crippen LogP) is 1.14. The Morgan fingerprint density at radius 1 is 1.75 bits per heavy atom. The molecule has 0 atom stereocenters. The van der Waals surface area contributed by atoms with E-state index in [1.165, 1.54) is 6.20 Å². The number of pyridine rings is 1. The smallest absolute Gasteiger partial charge is 0.178 e. The van der Waals surface area contributed by atoms with Gasteiger partial charge < -0.3 is 5.32 Å². The number of hydrogen-bond acceptors (Lipinski definition) is 3. The molecule has 4 heteroatoms. The third-order valence-electron chi connectivity index (χ3n) is 1.41. The molecule has 0 aliphatic heterocycles. The van der Waals surface area contributed by atoms with Crippen molar-refractivity contribution in [2.45, 2.75) is 0 Å². The Hall–Kier alpha value is -0.930. The molecule has 1 aromatic heterocycles. The molecular formula is C8H9ClN2O. The van der Waals surface area contributed by atoms with E-state index < -0.39 is 0 Å². The first-order valence-corrected chi connectivity index (χ1v) is 3.91. The molecule has 64 valence electrons. The summed E-state index contributed by atoms with van der Waals surface area (Å²) in [7, 11) is 1.72. The lowest BCUT2D eigenvalue weighted by atomic mass is 10.2. The van der Waals surface area contributed by atoms with E-state index in [-0.39, 0.29) is 5.78 Å². The summed E-state index contributed by atoms with van der Waals surface area (Å²) in [6.07, 6.45) is 3.01. The van der Waals surface area contributed by atoms with Crippen molar-refractivity contribution < 1.29 is 4.79 Å². The monoisotopic (exact) mass is 184 g/mol. The maximum absolute atomic E-state index is 11.3. The molecule has 0 fully saturated rings. The third-order valence-corrected chi connectivity index (χ3v) is 1.71. The Balaban J connectivity index is 2.87. The fraction of sp³-hybridized carbons (Fsp3) is 0.250. The van der Waals surface area contributed by atoms with Crippen molar-refractivity contribution in [2.75, 3.05) is 13.6 Å². The van der Waals surface area contributed by atoms with Crippen LogP contribution >= 0.6 is 11.6 Å². The molecule has 12 heavy (non-hydrogen) atoms. The average molecular weight is 185 g/mol. The first-order chi connectivity index (χ1) is 5.75. The molecule has 3 nitrogen and oxygen atoms in total. The molecule has 0 aliphatic rings. The Bertz CT molecular complexity index is 288. The van der Waals surface area contributed by atoms with Crippen LogP contribution in [0.5, 0.6) is 0 Å². The van der Waals surface area contributed by atoms with E-state index in [0.29, 0.717) is 17.1 Å². The average Bonchev–Trinajstić information content (AvgIpc) is 2.05. The van der Waals surface area contributed by atoms with E-state index in [2.05, 4.69) is 10.3 Å². The predicted molar refractivity (Wildman–Crippen MR) is 47.5 cm³/mol. The molecule has 1 heterocycles. The number of ketones is 1. The molecule has 0 aromatic carbocycles. The van der Waals surface area contributed by atoms with Gasteiger partial charge >= 0.3 is 0 Å². The van der Waals surface area contributed by atoms with Gasteiger partial charge in [-0.15, -0.1) is 0 Å². The second-order valence-corrected chi connectivity index (χ2v) is 2.72. The normalized spacial score (nSPS) is 9.83. The van der Waals surface area contributed by atoms with Crippen LogP contribution in [0.4, 0.5) is 0 Å². The highest BCUT2D eigenvalue weighted by atomic mass is 35.5. The molecular weight excluding hydrogens is 176 g/mol. The number of carbonyl (C=O) groups excluding carboxylic acids is 1. The Morgan fingerprint density at radius 3 is 3.08 bits per heavy atom. The summed E-state index contributed by atoms with van der Waals surface area (Å²) in [5, 5.41) is 3.17. The quantitative estimate of drug-likeness (QED) is 0.717. The van der Waals surface area contributed by atoms with Crippen LogP contribution in [0.1, 0.15) is 10.4 Å². The molecule has 0 radical (unpaired) electrons. The van der Waals surface area contributed by atoms with Gasteiger partial charge in [0.25, 0.3) is 0 Å². The molecule has 1 rings (SSSR count). The maximum atomic E-state index is 11.3. The lowest BCUT2D eigenvalue weighted by Gasteiger charge is -2.00. The van der Waals surface area contributed by atoms with E-state index >= 15 is 0 Å². The fourth-order valence-corrected chi connectivity index (χ4v) is 1.08. The van der Waals surface area contributed by atoms with Crippen LogP contribution in [-0.4, -0.2) is 24.4 Å². The van der Waals surface area contributed by atoms with Gasteiger partial charge in [-0.3, -0.25) is 9.78 Å². The number of nitrogens with zero attached hydrogens (tertiary/aromatic N) is 1. The van der Waals surface area contributed by atoms with Gasteiger partial charge in [0.15, 0.2) is 5.78 Å². The van der Waals surface area contributed by atoms with E-state index in [9.17, 15) is 4.79 Å². The van der Waals surface area contributed by atoms with Crippen LogP contribution in [0.25, 0.3) is 0 Å². The summed E-state index contributed by atoms with van der Waals surface area (Å²) in [6, 6.07) is 1.61. The zero-order valence-corrected chi connectivity index (χ0v) is 7.43. The minimum absolute atomic E-state index is 0.0232. The highest BCUT2D eigenvalue weighted by Crippen LogP contribution is 2.13. The maximum Gasteiger partial charge on any atom is 0.178 e. The second-order valence-electron chi connectivity index (χ2n) is 2.31. The molecule has 0 spiro atoms. The van der Waals surface area contributed by atoms with Gasteiger partial charge in [0, 0.05) is 18.0 Å². The van der Waals surface area contributed by atoms with E-state index in [1.807, 2.05) is 0 Å². The SMILES string of the molecule is CNCC(=O)c1ccncc1Cl. The van der Waals surface area contributed by atoms with Crippen molar-refractivity contribution >= 4 is 17.4 Å². The van der Waals surface area contributed by atoms with E-state index in [0.717, 1.165) is 0 Å². The fourth-order valence-electron chi connectivity index (χ4n) is 0.857. The van der Waals surface area contributed by atoms with Crippen molar-refractivity contribution in [3.63, 3.8) is 0 Å². The molecule has 0 bridgehead atoms. The standard InChI is InChI=1S/C8H9ClN2O/c1-10-5-8(12)6-2-3-11-4-7(6)9/h2-4,10H,5H2,1H3. The largest absolute Gasteiger partial charge is 0.313 e. The van der Waals surface area contributed by atoms with Crippen molar-refractivity contribution in [1.82, 2.24) is 10.3 Å². The highest BCUT2D eigenvalue weighted by molar-refractivity contribution is 6.33. The van der Waals surface area contributed by atoms with Crippen LogP contribution in [0.3, 0.4) is 0 Å².